The van der Waals surface area contributed by atoms with E-state index < -0.39 is 0 Å². The number of fused-ring (bicyclic) bond motifs is 1. The lowest BCUT2D eigenvalue weighted by molar-refractivity contribution is -0.138. The summed E-state index contributed by atoms with van der Waals surface area (Å²) in [6.07, 6.45) is 6.38. The van der Waals surface area contributed by atoms with Gasteiger partial charge in [-0.05, 0) is 29.7 Å². The smallest absolute Gasteiger partial charge is 0.334 e. The Morgan fingerprint density at radius 1 is 1.45 bits per heavy atom. The highest BCUT2D eigenvalue weighted by Gasteiger charge is 2.22. The highest BCUT2D eigenvalue weighted by molar-refractivity contribution is 5.97. The lowest BCUT2D eigenvalue weighted by Gasteiger charge is -2.06. The third kappa shape index (κ3) is 2.13. The Morgan fingerprint density at radius 3 is 3.00 bits per heavy atom. The number of benzene rings is 1. The summed E-state index contributed by atoms with van der Waals surface area (Å²) in [5.74, 6) is -0.221. The Kier molecular flexibility index (Phi) is 3.14. The van der Waals surface area contributed by atoms with Crippen molar-refractivity contribution < 1.29 is 9.53 Å². The Labute approximate surface area is 117 Å². The zero-order chi connectivity index (χ0) is 14.1. The van der Waals surface area contributed by atoms with Crippen LogP contribution >= 0.6 is 0 Å². The van der Waals surface area contributed by atoms with Crippen molar-refractivity contribution in [2.45, 2.75) is 13.3 Å². The molecule has 1 aromatic heterocycles. The van der Waals surface area contributed by atoms with Gasteiger partial charge in [0.2, 0.25) is 0 Å². The first-order chi connectivity index (χ1) is 9.69. The van der Waals surface area contributed by atoms with Gasteiger partial charge in [-0.15, -0.1) is 0 Å². The predicted molar refractivity (Wildman–Crippen MR) is 77.0 cm³/mol. The molecule has 4 nitrogen and oxygen atoms in total. The Balaban J connectivity index is 1.96. The number of carbonyl (C=O) groups excluding carboxylic acids is 1. The summed E-state index contributed by atoms with van der Waals surface area (Å²) < 4.78 is 6.86. The van der Waals surface area contributed by atoms with Crippen molar-refractivity contribution in [2.75, 3.05) is 6.61 Å². The van der Waals surface area contributed by atoms with Crippen molar-refractivity contribution in [1.29, 1.82) is 0 Å². The first kappa shape index (κ1) is 12.7. The van der Waals surface area contributed by atoms with Crippen LogP contribution in [0.5, 0.6) is 0 Å². The maximum atomic E-state index is 11.9. The Hall–Kier alpha value is -2.36. The first-order valence-corrected chi connectivity index (χ1v) is 6.67. The summed E-state index contributed by atoms with van der Waals surface area (Å²) in [6.45, 7) is 2.23. The fraction of sp³-hybridized carbons (Fsp3) is 0.250. The van der Waals surface area contributed by atoms with Crippen molar-refractivity contribution in [1.82, 2.24) is 9.78 Å². The monoisotopic (exact) mass is 268 g/mol. The maximum absolute atomic E-state index is 11.9. The second-order valence-electron chi connectivity index (χ2n) is 4.84. The van der Waals surface area contributed by atoms with E-state index in [0.717, 1.165) is 22.3 Å². The summed E-state index contributed by atoms with van der Waals surface area (Å²) in [6, 6.07) is 6.10. The maximum Gasteiger partial charge on any atom is 0.334 e. The molecule has 1 aliphatic rings. The molecule has 102 valence electrons. The van der Waals surface area contributed by atoms with Gasteiger partial charge >= 0.3 is 5.97 Å². The van der Waals surface area contributed by atoms with Crippen LogP contribution in [0, 0.1) is 0 Å². The van der Waals surface area contributed by atoms with Crippen LogP contribution in [0.15, 0.2) is 36.2 Å². The molecule has 0 radical (unpaired) electrons. The predicted octanol–water partition coefficient (Wildman–Crippen LogP) is 2.59. The molecule has 0 saturated heterocycles. The van der Waals surface area contributed by atoms with Gasteiger partial charge in [0.1, 0.15) is 0 Å². The number of hydrogen-bond donors (Lipinski definition) is 0. The average molecular weight is 268 g/mol. The van der Waals surface area contributed by atoms with Gasteiger partial charge in [0.15, 0.2) is 0 Å². The van der Waals surface area contributed by atoms with Crippen LogP contribution in [0.4, 0.5) is 0 Å². The summed E-state index contributed by atoms with van der Waals surface area (Å²) in [5.41, 5.74) is 5.19. The lowest BCUT2D eigenvalue weighted by atomic mass is 9.98. The second kappa shape index (κ2) is 4.96. The van der Waals surface area contributed by atoms with Crippen LogP contribution in [-0.4, -0.2) is 22.4 Å². The third-order valence-electron chi connectivity index (χ3n) is 3.46. The minimum atomic E-state index is -0.221. The molecule has 0 amide bonds. The molecule has 1 heterocycles. The molecule has 20 heavy (non-hydrogen) atoms. The number of esters is 1. The van der Waals surface area contributed by atoms with Crippen molar-refractivity contribution in [3.8, 4) is 11.1 Å². The number of aryl methyl sites for hydroxylation is 1. The average Bonchev–Trinajstić information content (AvgIpc) is 3.04. The molecule has 0 spiro atoms. The van der Waals surface area contributed by atoms with Crippen LogP contribution in [0.1, 0.15) is 18.1 Å². The Bertz CT molecular complexity index is 698. The van der Waals surface area contributed by atoms with Gasteiger partial charge in [0.05, 0.1) is 12.8 Å². The van der Waals surface area contributed by atoms with Gasteiger partial charge in [-0.25, -0.2) is 4.79 Å². The quantitative estimate of drug-likeness (QED) is 0.804. The molecular formula is C16H16N2O2. The lowest BCUT2D eigenvalue weighted by Crippen LogP contribution is -2.07. The van der Waals surface area contributed by atoms with Crippen molar-refractivity contribution in [3.63, 3.8) is 0 Å². The van der Waals surface area contributed by atoms with Crippen molar-refractivity contribution >= 4 is 12.0 Å². The van der Waals surface area contributed by atoms with Crippen LogP contribution in [0.3, 0.4) is 0 Å². The largest absolute Gasteiger partial charge is 0.463 e. The number of hydrogen-bond acceptors (Lipinski definition) is 3. The molecule has 0 saturated carbocycles. The Morgan fingerprint density at radius 2 is 2.30 bits per heavy atom. The summed E-state index contributed by atoms with van der Waals surface area (Å²) in [5, 5.41) is 4.21. The van der Waals surface area contributed by atoms with Gasteiger partial charge < -0.3 is 4.74 Å². The minimum Gasteiger partial charge on any atom is -0.463 e. The van der Waals surface area contributed by atoms with Crippen LogP contribution in [0.2, 0.25) is 0 Å². The summed E-state index contributed by atoms with van der Waals surface area (Å²) in [4.78, 5) is 11.9. The number of carbonyl (C=O) groups is 1. The van der Waals surface area contributed by atoms with Gasteiger partial charge in [0.25, 0.3) is 0 Å². The van der Waals surface area contributed by atoms with Gasteiger partial charge in [-0.2, -0.15) is 5.10 Å². The molecule has 2 aromatic rings. The molecule has 0 fully saturated rings. The van der Waals surface area contributed by atoms with E-state index in [2.05, 4.69) is 11.2 Å². The fourth-order valence-electron chi connectivity index (χ4n) is 2.55. The summed E-state index contributed by atoms with van der Waals surface area (Å²) in [7, 11) is 1.90. The SMILES string of the molecule is CCOC(=O)C1=Cc2cccc(-c3cnn(C)c3)c2C1. The highest BCUT2D eigenvalue weighted by atomic mass is 16.5. The van der Waals surface area contributed by atoms with E-state index in [-0.39, 0.29) is 5.97 Å². The van der Waals surface area contributed by atoms with E-state index in [1.54, 1.807) is 4.68 Å². The second-order valence-corrected chi connectivity index (χ2v) is 4.84. The third-order valence-corrected chi connectivity index (χ3v) is 3.46. The normalized spacial score (nSPS) is 13.0. The number of rotatable bonds is 3. The molecule has 4 heteroatoms. The molecular weight excluding hydrogens is 252 g/mol. The van der Waals surface area contributed by atoms with Crippen LogP contribution < -0.4 is 0 Å². The number of nitrogens with zero attached hydrogens (tertiary/aromatic N) is 2. The molecule has 0 bridgehead atoms. The zero-order valence-electron chi connectivity index (χ0n) is 11.6. The number of aromatic nitrogens is 2. The molecule has 0 aliphatic heterocycles. The highest BCUT2D eigenvalue weighted by Crippen LogP contribution is 2.34. The number of ether oxygens (including phenoxy) is 1. The van der Waals surface area contributed by atoms with E-state index in [0.29, 0.717) is 13.0 Å². The fourth-order valence-corrected chi connectivity index (χ4v) is 2.55. The molecule has 0 atom stereocenters. The molecule has 0 N–H and O–H groups in total. The molecule has 3 rings (SSSR count). The first-order valence-electron chi connectivity index (χ1n) is 6.67. The van der Waals surface area contributed by atoms with E-state index in [4.69, 9.17) is 4.74 Å². The van der Waals surface area contributed by atoms with E-state index >= 15 is 0 Å². The molecule has 0 unspecified atom stereocenters. The van der Waals surface area contributed by atoms with Crippen LogP contribution in [-0.2, 0) is 23.0 Å². The summed E-state index contributed by atoms with van der Waals surface area (Å²) >= 11 is 0. The topological polar surface area (TPSA) is 44.1 Å². The molecule has 1 aromatic carbocycles. The van der Waals surface area contributed by atoms with Gasteiger partial charge in [-0.3, -0.25) is 4.68 Å². The van der Waals surface area contributed by atoms with E-state index in [1.807, 2.05) is 44.6 Å². The minimum absolute atomic E-state index is 0.221. The van der Waals surface area contributed by atoms with Gasteiger partial charge in [0, 0.05) is 30.8 Å². The zero-order valence-corrected chi connectivity index (χ0v) is 11.6. The standard InChI is InChI=1S/C16H16N2O2/c1-3-20-16(19)12-7-11-5-4-6-14(15(11)8-12)13-9-17-18(2)10-13/h4-7,9-10H,3,8H2,1-2H3. The van der Waals surface area contributed by atoms with Crippen molar-refractivity contribution in [3.05, 3.63) is 47.3 Å². The molecule has 1 aliphatic carbocycles. The van der Waals surface area contributed by atoms with E-state index in [9.17, 15) is 4.79 Å². The van der Waals surface area contributed by atoms with Crippen molar-refractivity contribution in [2.24, 2.45) is 7.05 Å². The van der Waals surface area contributed by atoms with Crippen LogP contribution in [0.25, 0.3) is 17.2 Å². The van der Waals surface area contributed by atoms with Gasteiger partial charge in [-0.1, -0.05) is 18.2 Å². The van der Waals surface area contributed by atoms with E-state index in [1.165, 1.54) is 5.56 Å².